The molecule has 0 bridgehead atoms. The van der Waals surface area contributed by atoms with E-state index in [1.807, 2.05) is 0 Å². The van der Waals surface area contributed by atoms with Gasteiger partial charge in [0.1, 0.15) is 0 Å². The monoisotopic (exact) mass is 613 g/mol. The van der Waals surface area contributed by atoms with Gasteiger partial charge in [-0.1, -0.05) is 166 Å². The molecular weight excluding hydrogens is 579 g/mol. The van der Waals surface area contributed by atoms with E-state index in [-0.39, 0.29) is 5.41 Å². The lowest BCUT2D eigenvalue weighted by atomic mass is 9.78. The molecule has 8 aromatic carbocycles. The first-order valence-electron chi connectivity index (χ1n) is 16.8. The molecule has 228 valence electrons. The van der Waals surface area contributed by atoms with Crippen molar-refractivity contribution in [3.05, 3.63) is 187 Å². The fraction of sp³-hybridized carbons (Fsp3) is 0.0638. The Kier molecular flexibility index (Phi) is 6.55. The van der Waals surface area contributed by atoms with Gasteiger partial charge in [-0.05, 0) is 79.4 Å². The van der Waals surface area contributed by atoms with Gasteiger partial charge in [0.05, 0.1) is 5.69 Å². The van der Waals surface area contributed by atoms with Crippen molar-refractivity contribution < 1.29 is 0 Å². The number of benzene rings is 8. The van der Waals surface area contributed by atoms with Gasteiger partial charge in [-0.25, -0.2) is 0 Å². The second kappa shape index (κ2) is 11.1. The van der Waals surface area contributed by atoms with Crippen LogP contribution in [-0.4, -0.2) is 0 Å². The summed E-state index contributed by atoms with van der Waals surface area (Å²) in [6.07, 6.45) is 0. The Morgan fingerprint density at radius 3 is 1.73 bits per heavy atom. The highest BCUT2D eigenvalue weighted by Gasteiger charge is 2.40. The first kappa shape index (κ1) is 28.3. The molecular formula is C47H35N. The van der Waals surface area contributed by atoms with Crippen LogP contribution < -0.4 is 4.90 Å². The predicted molar refractivity (Wildman–Crippen MR) is 205 cm³/mol. The van der Waals surface area contributed by atoms with Crippen LogP contribution in [0.25, 0.3) is 54.9 Å². The quantitative estimate of drug-likeness (QED) is 0.187. The van der Waals surface area contributed by atoms with E-state index >= 15 is 0 Å². The van der Waals surface area contributed by atoms with Crippen molar-refractivity contribution in [2.45, 2.75) is 19.3 Å². The van der Waals surface area contributed by atoms with Gasteiger partial charge >= 0.3 is 0 Å². The minimum Gasteiger partial charge on any atom is -0.309 e. The summed E-state index contributed by atoms with van der Waals surface area (Å²) in [6, 6.07) is 64.3. The van der Waals surface area contributed by atoms with Gasteiger partial charge in [-0.15, -0.1) is 0 Å². The van der Waals surface area contributed by atoms with Crippen LogP contribution in [0.1, 0.15) is 25.0 Å². The van der Waals surface area contributed by atoms with Gasteiger partial charge in [-0.3, -0.25) is 0 Å². The van der Waals surface area contributed by atoms with E-state index in [9.17, 15) is 0 Å². The smallest absolute Gasteiger partial charge is 0.0624 e. The number of fused-ring (bicyclic) bond motifs is 6. The zero-order valence-electron chi connectivity index (χ0n) is 27.2. The number of rotatable bonds is 5. The van der Waals surface area contributed by atoms with Crippen LogP contribution in [-0.2, 0) is 5.41 Å². The molecule has 1 nitrogen and oxygen atoms in total. The lowest BCUT2D eigenvalue weighted by Crippen LogP contribution is -2.17. The number of anilines is 3. The van der Waals surface area contributed by atoms with Crippen LogP contribution in [0.15, 0.2) is 176 Å². The van der Waals surface area contributed by atoms with Crippen LogP contribution >= 0.6 is 0 Å². The minimum absolute atomic E-state index is 0.154. The standard InChI is InChI=1S/C47H35N/c1-47(2)42-24-14-13-23-41(42)44-43(35-18-7-4-8-19-35)46(40-22-12-11-21-39(40)45(44)47)48(38-30-27-33-17-9-10-20-36(33)31-38)37-28-25-34(26-29-37)32-15-5-3-6-16-32/h3-31H,1-2H3. The molecule has 0 spiro atoms. The Morgan fingerprint density at radius 2 is 0.979 bits per heavy atom. The van der Waals surface area contributed by atoms with E-state index in [0.717, 1.165) is 11.4 Å². The maximum absolute atomic E-state index is 2.50. The number of nitrogens with zero attached hydrogens (tertiary/aromatic N) is 1. The molecule has 0 N–H and O–H groups in total. The van der Waals surface area contributed by atoms with Crippen LogP contribution in [0.3, 0.4) is 0 Å². The summed E-state index contributed by atoms with van der Waals surface area (Å²) in [6.45, 7) is 4.78. The SMILES string of the molecule is CC1(C)c2ccccc2-c2c(-c3ccccc3)c(N(c3ccc(-c4ccccc4)cc3)c3ccc4ccccc4c3)c3ccccc3c21. The summed E-state index contributed by atoms with van der Waals surface area (Å²) in [5, 5.41) is 5.00. The molecule has 0 atom stereocenters. The lowest BCUT2D eigenvalue weighted by molar-refractivity contribution is 0.666. The Morgan fingerprint density at radius 1 is 0.417 bits per heavy atom. The molecule has 0 unspecified atom stereocenters. The van der Waals surface area contributed by atoms with Crippen molar-refractivity contribution in [3.8, 4) is 33.4 Å². The zero-order chi connectivity index (χ0) is 32.2. The van der Waals surface area contributed by atoms with E-state index in [1.165, 1.54) is 71.7 Å². The average molecular weight is 614 g/mol. The van der Waals surface area contributed by atoms with Gasteiger partial charge in [0.2, 0.25) is 0 Å². The number of hydrogen-bond donors (Lipinski definition) is 0. The van der Waals surface area contributed by atoms with E-state index in [1.54, 1.807) is 0 Å². The second-order valence-electron chi connectivity index (χ2n) is 13.3. The fourth-order valence-corrected chi connectivity index (χ4v) is 7.99. The van der Waals surface area contributed by atoms with Crippen LogP contribution in [0, 0.1) is 0 Å². The summed E-state index contributed by atoms with van der Waals surface area (Å²) in [4.78, 5) is 2.50. The molecule has 0 aliphatic heterocycles. The molecule has 8 aromatic rings. The van der Waals surface area contributed by atoms with Crippen molar-refractivity contribution in [2.75, 3.05) is 4.90 Å². The van der Waals surface area contributed by atoms with Gasteiger partial charge < -0.3 is 4.90 Å². The van der Waals surface area contributed by atoms with Crippen molar-refractivity contribution in [3.63, 3.8) is 0 Å². The molecule has 0 radical (unpaired) electrons. The Balaban J connectivity index is 1.42. The molecule has 1 aliphatic carbocycles. The third-order valence-corrected chi connectivity index (χ3v) is 10.2. The van der Waals surface area contributed by atoms with Gasteiger partial charge in [0.25, 0.3) is 0 Å². The summed E-state index contributed by atoms with van der Waals surface area (Å²) in [7, 11) is 0. The average Bonchev–Trinajstić information content (AvgIpc) is 3.39. The summed E-state index contributed by atoms with van der Waals surface area (Å²) >= 11 is 0. The molecule has 0 aromatic heterocycles. The molecule has 0 saturated heterocycles. The Labute approximate surface area is 282 Å². The maximum Gasteiger partial charge on any atom is 0.0624 e. The van der Waals surface area contributed by atoms with E-state index in [4.69, 9.17) is 0 Å². The van der Waals surface area contributed by atoms with Gasteiger partial charge in [-0.2, -0.15) is 0 Å². The molecule has 0 fully saturated rings. The van der Waals surface area contributed by atoms with E-state index in [2.05, 4.69) is 195 Å². The van der Waals surface area contributed by atoms with Crippen LogP contribution in [0.4, 0.5) is 17.1 Å². The molecule has 9 rings (SSSR count). The fourth-order valence-electron chi connectivity index (χ4n) is 7.99. The summed E-state index contributed by atoms with van der Waals surface area (Å²) in [5.74, 6) is 0. The van der Waals surface area contributed by atoms with Crippen molar-refractivity contribution in [1.82, 2.24) is 0 Å². The Bertz CT molecular complexity index is 2460. The predicted octanol–water partition coefficient (Wildman–Crippen LogP) is 13.1. The highest BCUT2D eigenvalue weighted by Crippen LogP contribution is 2.59. The zero-order valence-corrected chi connectivity index (χ0v) is 27.2. The molecule has 0 heterocycles. The molecule has 0 saturated carbocycles. The molecule has 0 amide bonds. The van der Waals surface area contributed by atoms with Crippen LogP contribution in [0.5, 0.6) is 0 Å². The normalized spacial score (nSPS) is 13.0. The minimum atomic E-state index is -0.154. The second-order valence-corrected chi connectivity index (χ2v) is 13.3. The highest BCUT2D eigenvalue weighted by atomic mass is 15.1. The van der Waals surface area contributed by atoms with Crippen molar-refractivity contribution >= 4 is 38.6 Å². The first-order chi connectivity index (χ1) is 23.6. The third kappa shape index (κ3) is 4.39. The topological polar surface area (TPSA) is 3.24 Å². The van der Waals surface area contributed by atoms with Gasteiger partial charge in [0.15, 0.2) is 0 Å². The lowest BCUT2D eigenvalue weighted by Gasteiger charge is -2.33. The molecule has 48 heavy (non-hydrogen) atoms. The maximum atomic E-state index is 2.50. The largest absolute Gasteiger partial charge is 0.309 e. The van der Waals surface area contributed by atoms with Gasteiger partial charge in [0, 0.05) is 27.7 Å². The van der Waals surface area contributed by atoms with Crippen LogP contribution in [0.2, 0.25) is 0 Å². The highest BCUT2D eigenvalue weighted by molar-refractivity contribution is 6.16. The first-order valence-corrected chi connectivity index (χ1v) is 16.8. The summed E-state index contributed by atoms with van der Waals surface area (Å²) < 4.78 is 0. The summed E-state index contributed by atoms with van der Waals surface area (Å²) in [5.41, 5.74) is 13.6. The molecule has 1 heteroatoms. The van der Waals surface area contributed by atoms with E-state index < -0.39 is 0 Å². The van der Waals surface area contributed by atoms with Crippen molar-refractivity contribution in [2.24, 2.45) is 0 Å². The van der Waals surface area contributed by atoms with E-state index in [0.29, 0.717) is 0 Å². The third-order valence-electron chi connectivity index (χ3n) is 10.2. The molecule has 1 aliphatic rings. The number of hydrogen-bond acceptors (Lipinski definition) is 1. The Hall–Kier alpha value is -5.92. The van der Waals surface area contributed by atoms with Crippen molar-refractivity contribution in [1.29, 1.82) is 0 Å².